The van der Waals surface area contributed by atoms with Crippen molar-refractivity contribution in [2.24, 2.45) is 4.99 Å². The predicted molar refractivity (Wildman–Crippen MR) is 120 cm³/mol. The monoisotopic (exact) mass is 527 g/mol. The molecule has 2 aromatic rings. The highest BCUT2D eigenvalue weighted by Crippen LogP contribution is 2.29. The number of aromatic nitrogens is 1. The van der Waals surface area contributed by atoms with Crippen LogP contribution in [-0.2, 0) is 12.6 Å². The van der Waals surface area contributed by atoms with Crippen LogP contribution in [0.2, 0.25) is 0 Å². The third-order valence-corrected chi connectivity index (χ3v) is 4.43. The number of benzene rings is 1. The van der Waals surface area contributed by atoms with Gasteiger partial charge in [0.2, 0.25) is 0 Å². The fraction of sp³-hybridized carbons (Fsp3) is 0.444. The van der Waals surface area contributed by atoms with E-state index in [9.17, 15) is 13.2 Å². The molecule has 0 atom stereocenters. The van der Waals surface area contributed by atoms with Crippen molar-refractivity contribution in [3.63, 3.8) is 0 Å². The summed E-state index contributed by atoms with van der Waals surface area (Å²) in [6.07, 6.45) is -3.10. The Labute approximate surface area is 184 Å². The quantitative estimate of drug-likeness (QED) is 0.196. The molecule has 0 unspecified atom stereocenters. The van der Waals surface area contributed by atoms with Gasteiger partial charge in [0, 0.05) is 43.7 Å². The number of para-hydroxylation sites is 1. The van der Waals surface area contributed by atoms with Crippen LogP contribution in [0.5, 0.6) is 0 Å². The second-order valence-corrected chi connectivity index (χ2v) is 6.65. The lowest BCUT2D eigenvalue weighted by molar-refractivity contribution is -0.140. The van der Waals surface area contributed by atoms with Crippen molar-refractivity contribution in [3.05, 3.63) is 46.4 Å². The molecule has 0 aliphatic rings. The molecule has 0 saturated carbocycles. The summed E-state index contributed by atoms with van der Waals surface area (Å²) in [5.74, 6) is 0.657. The van der Waals surface area contributed by atoms with Crippen LogP contribution in [0.15, 0.2) is 40.7 Å². The van der Waals surface area contributed by atoms with Crippen molar-refractivity contribution in [1.29, 1.82) is 0 Å². The molecular formula is C18H25F3IN5S. The van der Waals surface area contributed by atoms with E-state index in [0.29, 0.717) is 37.0 Å². The number of aliphatic imine (C=N–C) groups is 1. The second-order valence-electron chi connectivity index (χ2n) is 5.71. The Hall–Kier alpha value is -1.56. The Kier molecular flexibility index (Phi) is 11.2. The number of halogens is 4. The molecule has 0 saturated heterocycles. The summed E-state index contributed by atoms with van der Waals surface area (Å²) in [6, 6.07) is 9.95. The van der Waals surface area contributed by atoms with E-state index in [1.165, 1.54) is 0 Å². The Balaban J connectivity index is 0.00000392. The summed E-state index contributed by atoms with van der Waals surface area (Å²) < 4.78 is 37.7. The smallest absolute Gasteiger partial charge is 0.385 e. The minimum Gasteiger partial charge on any atom is -0.385 e. The van der Waals surface area contributed by atoms with Gasteiger partial charge < -0.3 is 16.0 Å². The minimum absolute atomic E-state index is 0. The van der Waals surface area contributed by atoms with Crippen molar-refractivity contribution in [2.75, 3.05) is 31.5 Å². The van der Waals surface area contributed by atoms with Crippen LogP contribution in [-0.4, -0.2) is 37.1 Å². The van der Waals surface area contributed by atoms with Gasteiger partial charge >= 0.3 is 6.18 Å². The fourth-order valence-electron chi connectivity index (χ4n) is 2.24. The number of hydrogen-bond acceptors (Lipinski definition) is 4. The molecule has 0 amide bonds. The Morgan fingerprint density at radius 1 is 1.14 bits per heavy atom. The first-order valence-corrected chi connectivity index (χ1v) is 9.69. The van der Waals surface area contributed by atoms with Gasteiger partial charge in [-0.05, 0) is 25.5 Å². The lowest BCUT2D eigenvalue weighted by Crippen LogP contribution is -2.38. The largest absolute Gasteiger partial charge is 0.434 e. The molecule has 0 fully saturated rings. The maximum absolute atomic E-state index is 12.6. The van der Waals surface area contributed by atoms with Gasteiger partial charge in [-0.2, -0.15) is 13.2 Å². The van der Waals surface area contributed by atoms with E-state index in [4.69, 9.17) is 0 Å². The number of anilines is 1. The summed E-state index contributed by atoms with van der Waals surface area (Å²) in [6.45, 7) is 4.60. The molecule has 1 aromatic carbocycles. The SMILES string of the molecule is CCNC(=NCCCNc1ccccc1)NCCc1nc(C(F)(F)F)cs1.I. The van der Waals surface area contributed by atoms with Gasteiger partial charge in [-0.1, -0.05) is 18.2 Å². The zero-order valence-corrected chi connectivity index (χ0v) is 18.7. The molecule has 0 aliphatic carbocycles. The van der Waals surface area contributed by atoms with Gasteiger partial charge in [0.15, 0.2) is 11.7 Å². The van der Waals surface area contributed by atoms with Gasteiger partial charge in [-0.25, -0.2) is 4.98 Å². The van der Waals surface area contributed by atoms with E-state index in [0.717, 1.165) is 35.4 Å². The fourth-order valence-corrected chi connectivity index (χ4v) is 3.05. The maximum atomic E-state index is 12.6. The molecule has 1 aromatic heterocycles. The Morgan fingerprint density at radius 2 is 1.89 bits per heavy atom. The average molecular weight is 527 g/mol. The zero-order chi connectivity index (χ0) is 19.5. The first-order valence-electron chi connectivity index (χ1n) is 8.81. The lowest BCUT2D eigenvalue weighted by Gasteiger charge is -2.11. The molecule has 5 nitrogen and oxygen atoms in total. The van der Waals surface area contributed by atoms with Gasteiger partial charge in [0.05, 0.1) is 5.01 Å². The van der Waals surface area contributed by atoms with Crippen LogP contribution in [0.4, 0.5) is 18.9 Å². The molecule has 28 heavy (non-hydrogen) atoms. The summed E-state index contributed by atoms with van der Waals surface area (Å²) in [7, 11) is 0. The number of guanidine groups is 1. The third-order valence-electron chi connectivity index (χ3n) is 3.53. The van der Waals surface area contributed by atoms with Gasteiger partial charge in [0.25, 0.3) is 0 Å². The van der Waals surface area contributed by atoms with Gasteiger partial charge in [0.1, 0.15) is 0 Å². The van der Waals surface area contributed by atoms with Crippen molar-refractivity contribution >= 4 is 47.0 Å². The Bertz CT molecular complexity index is 707. The zero-order valence-electron chi connectivity index (χ0n) is 15.6. The van der Waals surface area contributed by atoms with E-state index in [-0.39, 0.29) is 24.0 Å². The van der Waals surface area contributed by atoms with Crippen molar-refractivity contribution in [2.45, 2.75) is 25.9 Å². The first-order chi connectivity index (χ1) is 13.0. The highest BCUT2D eigenvalue weighted by molar-refractivity contribution is 14.0. The average Bonchev–Trinajstić information content (AvgIpc) is 3.11. The van der Waals surface area contributed by atoms with Crippen molar-refractivity contribution in [1.82, 2.24) is 15.6 Å². The maximum Gasteiger partial charge on any atom is 0.434 e. The number of hydrogen-bond donors (Lipinski definition) is 3. The van der Waals surface area contributed by atoms with E-state index >= 15 is 0 Å². The number of thiazole rings is 1. The standard InChI is InChI=1S/C18H24F3N5S.HI/c1-2-22-17(24-11-6-10-23-14-7-4-3-5-8-14)25-12-9-16-26-15(13-27-16)18(19,20)21;/h3-5,7-8,13,23H,2,6,9-12H2,1H3,(H2,22,24,25);1H. The summed E-state index contributed by atoms with van der Waals surface area (Å²) >= 11 is 1.02. The highest BCUT2D eigenvalue weighted by Gasteiger charge is 2.33. The van der Waals surface area contributed by atoms with Crippen LogP contribution in [0, 0.1) is 0 Å². The molecule has 2 rings (SSSR count). The second kappa shape index (κ2) is 12.8. The third kappa shape index (κ3) is 9.09. The molecule has 0 bridgehead atoms. The van der Waals surface area contributed by atoms with Crippen LogP contribution in [0.3, 0.4) is 0 Å². The number of nitrogens with one attached hydrogen (secondary N) is 3. The summed E-state index contributed by atoms with van der Waals surface area (Å²) in [4.78, 5) is 8.10. The Morgan fingerprint density at radius 3 is 2.54 bits per heavy atom. The molecular weight excluding hydrogens is 502 g/mol. The van der Waals surface area contributed by atoms with E-state index in [1.54, 1.807) is 0 Å². The normalized spacial score (nSPS) is 11.6. The molecule has 0 aliphatic heterocycles. The molecule has 156 valence electrons. The lowest BCUT2D eigenvalue weighted by atomic mass is 10.3. The molecule has 1 heterocycles. The minimum atomic E-state index is -4.38. The van der Waals surface area contributed by atoms with E-state index < -0.39 is 11.9 Å². The predicted octanol–water partition coefficient (Wildman–Crippen LogP) is 4.38. The number of nitrogens with zero attached hydrogens (tertiary/aromatic N) is 2. The molecule has 0 radical (unpaired) electrons. The van der Waals surface area contributed by atoms with Crippen LogP contribution in [0.25, 0.3) is 0 Å². The first kappa shape index (κ1) is 24.5. The topological polar surface area (TPSA) is 61.3 Å². The van der Waals surface area contributed by atoms with Gasteiger partial charge in [-0.3, -0.25) is 4.99 Å². The summed E-state index contributed by atoms with van der Waals surface area (Å²) in [5.41, 5.74) is 0.252. The van der Waals surface area contributed by atoms with Crippen molar-refractivity contribution in [3.8, 4) is 0 Å². The van der Waals surface area contributed by atoms with Gasteiger partial charge in [-0.15, -0.1) is 35.3 Å². The highest BCUT2D eigenvalue weighted by atomic mass is 127. The van der Waals surface area contributed by atoms with E-state index in [1.807, 2.05) is 37.3 Å². The number of alkyl halides is 3. The van der Waals surface area contributed by atoms with Crippen LogP contribution in [0.1, 0.15) is 24.0 Å². The molecule has 0 spiro atoms. The molecule has 10 heteroatoms. The van der Waals surface area contributed by atoms with Crippen molar-refractivity contribution < 1.29 is 13.2 Å². The number of rotatable bonds is 9. The van der Waals surface area contributed by atoms with E-state index in [2.05, 4.69) is 25.9 Å². The summed E-state index contributed by atoms with van der Waals surface area (Å²) in [5, 5.41) is 11.1. The van der Waals surface area contributed by atoms with Crippen LogP contribution < -0.4 is 16.0 Å². The van der Waals surface area contributed by atoms with Crippen LogP contribution >= 0.6 is 35.3 Å². The molecule has 3 N–H and O–H groups in total.